The molecule has 1 aromatic carbocycles. The molecule has 1 unspecified atom stereocenters. The minimum atomic E-state index is 0.244. The van der Waals surface area contributed by atoms with Crippen molar-refractivity contribution in [3.05, 3.63) is 33.4 Å². The standard InChI is InChI=1S/C14H21ClIN/c1-3-12(4-2)14(15)10-17-9-11-5-7-13(16)8-6-11/h5-8,12,14,17H,3-4,9-10H2,1-2H3. The van der Waals surface area contributed by atoms with E-state index in [1.54, 1.807) is 0 Å². The first kappa shape index (κ1) is 15.3. The number of alkyl halides is 1. The van der Waals surface area contributed by atoms with Crippen LogP contribution in [0.2, 0.25) is 0 Å². The average molecular weight is 366 g/mol. The van der Waals surface area contributed by atoms with Crippen molar-refractivity contribution in [3.8, 4) is 0 Å². The molecule has 1 aromatic rings. The molecule has 1 rings (SSSR count). The van der Waals surface area contributed by atoms with Crippen molar-refractivity contribution < 1.29 is 0 Å². The van der Waals surface area contributed by atoms with Crippen molar-refractivity contribution in [3.63, 3.8) is 0 Å². The Labute approximate surface area is 123 Å². The summed E-state index contributed by atoms with van der Waals surface area (Å²) in [5.41, 5.74) is 1.32. The predicted molar refractivity (Wildman–Crippen MR) is 84.6 cm³/mol. The van der Waals surface area contributed by atoms with E-state index in [0.717, 1.165) is 25.9 Å². The lowest BCUT2D eigenvalue weighted by Gasteiger charge is -2.19. The summed E-state index contributed by atoms with van der Waals surface area (Å²) in [7, 11) is 0. The van der Waals surface area contributed by atoms with Crippen molar-refractivity contribution in [2.75, 3.05) is 6.54 Å². The minimum absolute atomic E-state index is 0.244. The van der Waals surface area contributed by atoms with E-state index in [-0.39, 0.29) is 5.38 Å². The Kier molecular flexibility index (Phi) is 7.47. The van der Waals surface area contributed by atoms with Crippen LogP contribution in [0.5, 0.6) is 0 Å². The Balaban J connectivity index is 2.30. The lowest BCUT2D eigenvalue weighted by Crippen LogP contribution is -2.28. The van der Waals surface area contributed by atoms with Crippen molar-refractivity contribution in [2.45, 2.75) is 38.6 Å². The Morgan fingerprint density at radius 3 is 2.29 bits per heavy atom. The Hall–Kier alpha value is 0.200. The van der Waals surface area contributed by atoms with E-state index in [2.05, 4.69) is 66.0 Å². The van der Waals surface area contributed by atoms with E-state index in [4.69, 9.17) is 11.6 Å². The highest BCUT2D eigenvalue weighted by Gasteiger charge is 2.14. The maximum atomic E-state index is 6.37. The summed E-state index contributed by atoms with van der Waals surface area (Å²) in [6.45, 7) is 6.21. The van der Waals surface area contributed by atoms with Gasteiger partial charge in [0.15, 0.2) is 0 Å². The molecule has 96 valence electrons. The van der Waals surface area contributed by atoms with Crippen molar-refractivity contribution in [2.24, 2.45) is 5.92 Å². The van der Waals surface area contributed by atoms with Crippen LogP contribution >= 0.6 is 34.2 Å². The quantitative estimate of drug-likeness (QED) is 0.557. The molecule has 0 aliphatic carbocycles. The SMILES string of the molecule is CCC(CC)C(Cl)CNCc1ccc(I)cc1. The maximum absolute atomic E-state index is 6.37. The zero-order chi connectivity index (χ0) is 12.7. The van der Waals surface area contributed by atoms with Gasteiger partial charge in [0, 0.05) is 22.0 Å². The third-order valence-corrected chi connectivity index (χ3v) is 4.37. The molecule has 0 aromatic heterocycles. The zero-order valence-electron chi connectivity index (χ0n) is 10.5. The van der Waals surface area contributed by atoms with Gasteiger partial charge in [-0.3, -0.25) is 0 Å². The van der Waals surface area contributed by atoms with Crippen LogP contribution in [0.25, 0.3) is 0 Å². The highest BCUT2D eigenvalue weighted by atomic mass is 127. The number of hydrogen-bond acceptors (Lipinski definition) is 1. The number of nitrogens with one attached hydrogen (secondary N) is 1. The van der Waals surface area contributed by atoms with Gasteiger partial charge in [-0.15, -0.1) is 11.6 Å². The van der Waals surface area contributed by atoms with Gasteiger partial charge < -0.3 is 5.32 Å². The summed E-state index contributed by atoms with van der Waals surface area (Å²) in [6.07, 6.45) is 2.33. The lowest BCUT2D eigenvalue weighted by atomic mass is 9.99. The summed E-state index contributed by atoms with van der Waals surface area (Å²) >= 11 is 8.70. The fraction of sp³-hybridized carbons (Fsp3) is 0.571. The van der Waals surface area contributed by atoms with E-state index in [1.807, 2.05) is 0 Å². The molecular formula is C14H21ClIN. The molecule has 0 bridgehead atoms. The monoisotopic (exact) mass is 365 g/mol. The van der Waals surface area contributed by atoms with Crippen LogP contribution in [0.1, 0.15) is 32.3 Å². The molecule has 0 saturated heterocycles. The fourth-order valence-corrected chi connectivity index (χ4v) is 2.75. The van der Waals surface area contributed by atoms with Crippen LogP contribution in [0, 0.1) is 9.49 Å². The van der Waals surface area contributed by atoms with Gasteiger partial charge in [0.2, 0.25) is 0 Å². The highest BCUT2D eigenvalue weighted by molar-refractivity contribution is 14.1. The van der Waals surface area contributed by atoms with Crippen LogP contribution in [0.15, 0.2) is 24.3 Å². The van der Waals surface area contributed by atoms with Gasteiger partial charge in [-0.1, -0.05) is 38.8 Å². The molecule has 0 aliphatic heterocycles. The molecular weight excluding hydrogens is 345 g/mol. The predicted octanol–water partition coefficient (Wildman–Crippen LogP) is 4.42. The summed E-state index contributed by atoms with van der Waals surface area (Å²) in [4.78, 5) is 0. The molecule has 0 spiro atoms. The van der Waals surface area contributed by atoms with Crippen LogP contribution in [0.3, 0.4) is 0 Å². The normalized spacial score (nSPS) is 13.0. The number of rotatable bonds is 7. The van der Waals surface area contributed by atoms with Crippen molar-refractivity contribution in [1.29, 1.82) is 0 Å². The number of hydrogen-bond donors (Lipinski definition) is 1. The smallest absolute Gasteiger partial charge is 0.0488 e. The van der Waals surface area contributed by atoms with Gasteiger partial charge in [0.05, 0.1) is 0 Å². The van der Waals surface area contributed by atoms with E-state index in [1.165, 1.54) is 9.13 Å². The molecule has 0 fully saturated rings. The summed E-state index contributed by atoms with van der Waals surface area (Å²) < 4.78 is 1.28. The van der Waals surface area contributed by atoms with E-state index in [9.17, 15) is 0 Å². The van der Waals surface area contributed by atoms with E-state index < -0.39 is 0 Å². The van der Waals surface area contributed by atoms with Crippen LogP contribution in [-0.4, -0.2) is 11.9 Å². The lowest BCUT2D eigenvalue weighted by molar-refractivity contribution is 0.446. The molecule has 3 heteroatoms. The molecule has 1 atom stereocenters. The van der Waals surface area contributed by atoms with Crippen LogP contribution in [0.4, 0.5) is 0 Å². The average Bonchev–Trinajstić information content (AvgIpc) is 2.33. The second-order valence-electron chi connectivity index (χ2n) is 4.35. The van der Waals surface area contributed by atoms with Crippen molar-refractivity contribution in [1.82, 2.24) is 5.32 Å². The summed E-state index contributed by atoms with van der Waals surface area (Å²) in [5.74, 6) is 0.626. The van der Waals surface area contributed by atoms with Gasteiger partial charge in [0.1, 0.15) is 0 Å². The molecule has 0 saturated carbocycles. The third-order valence-electron chi connectivity index (χ3n) is 3.14. The Morgan fingerprint density at radius 2 is 1.76 bits per heavy atom. The van der Waals surface area contributed by atoms with E-state index >= 15 is 0 Å². The van der Waals surface area contributed by atoms with Gasteiger partial charge in [-0.2, -0.15) is 0 Å². The molecule has 1 N–H and O–H groups in total. The zero-order valence-corrected chi connectivity index (χ0v) is 13.5. The van der Waals surface area contributed by atoms with Gasteiger partial charge in [-0.25, -0.2) is 0 Å². The first-order chi connectivity index (χ1) is 8.17. The topological polar surface area (TPSA) is 12.0 Å². The molecule has 0 radical (unpaired) electrons. The van der Waals surface area contributed by atoms with Gasteiger partial charge in [0.25, 0.3) is 0 Å². The molecule has 17 heavy (non-hydrogen) atoms. The van der Waals surface area contributed by atoms with Crippen LogP contribution in [-0.2, 0) is 6.54 Å². The molecule has 1 nitrogen and oxygen atoms in total. The fourth-order valence-electron chi connectivity index (χ4n) is 1.92. The maximum Gasteiger partial charge on any atom is 0.0488 e. The number of halogens is 2. The Morgan fingerprint density at radius 1 is 1.18 bits per heavy atom. The van der Waals surface area contributed by atoms with E-state index in [0.29, 0.717) is 5.92 Å². The van der Waals surface area contributed by atoms with Gasteiger partial charge in [-0.05, 0) is 46.2 Å². The first-order valence-electron chi connectivity index (χ1n) is 6.26. The third kappa shape index (κ3) is 5.58. The molecule has 0 aliphatic rings. The van der Waals surface area contributed by atoms with Crippen LogP contribution < -0.4 is 5.32 Å². The number of benzene rings is 1. The first-order valence-corrected chi connectivity index (χ1v) is 7.78. The summed E-state index contributed by atoms with van der Waals surface area (Å²) in [5, 5.41) is 3.68. The molecule has 0 heterocycles. The second-order valence-corrected chi connectivity index (χ2v) is 6.16. The second kappa shape index (κ2) is 8.33. The highest BCUT2D eigenvalue weighted by Crippen LogP contribution is 2.17. The Bertz CT molecular complexity index is 309. The largest absolute Gasteiger partial charge is 0.311 e. The van der Waals surface area contributed by atoms with Crippen molar-refractivity contribution >= 4 is 34.2 Å². The van der Waals surface area contributed by atoms with Gasteiger partial charge >= 0.3 is 0 Å². The molecule has 0 amide bonds. The minimum Gasteiger partial charge on any atom is -0.311 e. The summed E-state index contributed by atoms with van der Waals surface area (Å²) in [6, 6.07) is 8.59.